The zero-order valence-corrected chi connectivity index (χ0v) is 20.7. The van der Waals surface area contributed by atoms with E-state index in [1.807, 2.05) is 47.1 Å². The van der Waals surface area contributed by atoms with Gasteiger partial charge in [0.2, 0.25) is 5.91 Å². The highest BCUT2D eigenvalue weighted by Gasteiger charge is 2.34. The van der Waals surface area contributed by atoms with Crippen LogP contribution in [0.25, 0.3) is 0 Å². The van der Waals surface area contributed by atoms with Crippen molar-refractivity contribution in [3.63, 3.8) is 0 Å². The van der Waals surface area contributed by atoms with Crippen LogP contribution in [0.2, 0.25) is 0 Å². The lowest BCUT2D eigenvalue weighted by Crippen LogP contribution is -2.48. The number of piperazine rings is 1. The molecule has 1 aliphatic carbocycles. The maximum atomic E-state index is 13.0. The molecule has 1 saturated carbocycles. The highest BCUT2D eigenvalue weighted by atomic mass is 16.5. The molecule has 0 unspecified atom stereocenters. The molecule has 2 heterocycles. The molecule has 186 valence electrons. The standard InChI is InChI=1S/C28H35N3O4/c1-20-19-24(7-10-26(20)34-18-17-29-13-15-30(16-14-29)21(2)32)31-12-11-27(28(31)33)35-25-8-5-23(6-9-25)22-3-4-22/h5-10,19,22,27H,3-4,11-18H2,1-2H3/t27-/m0/s1. The van der Waals surface area contributed by atoms with Gasteiger partial charge in [0.05, 0.1) is 0 Å². The molecule has 2 amide bonds. The monoisotopic (exact) mass is 477 g/mol. The van der Waals surface area contributed by atoms with Crippen molar-refractivity contribution < 1.29 is 19.1 Å². The van der Waals surface area contributed by atoms with Crippen LogP contribution in [0, 0.1) is 6.92 Å². The summed E-state index contributed by atoms with van der Waals surface area (Å²) in [5.41, 5.74) is 3.26. The number of hydrogen-bond donors (Lipinski definition) is 0. The Bertz CT molecular complexity index is 1060. The molecule has 0 bridgehead atoms. The van der Waals surface area contributed by atoms with Crippen molar-refractivity contribution in [2.45, 2.75) is 45.1 Å². The third-order valence-corrected chi connectivity index (χ3v) is 7.32. The van der Waals surface area contributed by atoms with Gasteiger partial charge in [0.15, 0.2) is 6.10 Å². The van der Waals surface area contributed by atoms with E-state index in [4.69, 9.17) is 9.47 Å². The number of carbonyl (C=O) groups is 2. The van der Waals surface area contributed by atoms with Crippen molar-refractivity contribution in [1.29, 1.82) is 0 Å². The van der Waals surface area contributed by atoms with Gasteiger partial charge in [0.25, 0.3) is 5.91 Å². The average Bonchev–Trinajstić information content (AvgIpc) is 3.65. The van der Waals surface area contributed by atoms with Gasteiger partial charge in [0, 0.05) is 58.3 Å². The summed E-state index contributed by atoms with van der Waals surface area (Å²) in [4.78, 5) is 30.5. The van der Waals surface area contributed by atoms with E-state index >= 15 is 0 Å². The van der Waals surface area contributed by atoms with Gasteiger partial charge in [-0.05, 0) is 67.1 Å². The van der Waals surface area contributed by atoms with E-state index in [2.05, 4.69) is 17.0 Å². The minimum absolute atomic E-state index is 0.00837. The normalized spacial score (nSPS) is 20.9. The van der Waals surface area contributed by atoms with Gasteiger partial charge in [0.1, 0.15) is 18.1 Å². The van der Waals surface area contributed by atoms with E-state index in [9.17, 15) is 9.59 Å². The lowest BCUT2D eigenvalue weighted by Gasteiger charge is -2.34. The quantitative estimate of drug-likeness (QED) is 0.581. The van der Waals surface area contributed by atoms with Crippen LogP contribution in [0.5, 0.6) is 11.5 Å². The predicted molar refractivity (Wildman–Crippen MR) is 135 cm³/mol. The van der Waals surface area contributed by atoms with Gasteiger partial charge < -0.3 is 19.3 Å². The molecule has 5 rings (SSSR count). The molecule has 0 spiro atoms. The predicted octanol–water partition coefficient (Wildman–Crippen LogP) is 3.60. The molecule has 3 aliphatic rings. The van der Waals surface area contributed by atoms with Gasteiger partial charge in [-0.15, -0.1) is 0 Å². The molecule has 0 N–H and O–H groups in total. The Morgan fingerprint density at radius 2 is 1.71 bits per heavy atom. The highest BCUT2D eigenvalue weighted by molar-refractivity contribution is 5.99. The Morgan fingerprint density at radius 1 is 0.971 bits per heavy atom. The largest absolute Gasteiger partial charge is 0.492 e. The minimum atomic E-state index is -0.443. The summed E-state index contributed by atoms with van der Waals surface area (Å²) in [6, 6.07) is 14.2. The van der Waals surface area contributed by atoms with Crippen LogP contribution in [0.4, 0.5) is 5.69 Å². The number of rotatable bonds is 8. The number of aryl methyl sites for hydroxylation is 1. The molecule has 7 nitrogen and oxygen atoms in total. The van der Waals surface area contributed by atoms with E-state index in [-0.39, 0.29) is 11.8 Å². The highest BCUT2D eigenvalue weighted by Crippen LogP contribution is 2.40. The molecule has 2 aromatic rings. The van der Waals surface area contributed by atoms with Crippen LogP contribution in [0.3, 0.4) is 0 Å². The van der Waals surface area contributed by atoms with Crippen LogP contribution in [0.1, 0.15) is 43.2 Å². The zero-order chi connectivity index (χ0) is 24.4. The molecular weight excluding hydrogens is 442 g/mol. The van der Waals surface area contributed by atoms with Crippen LogP contribution >= 0.6 is 0 Å². The maximum absolute atomic E-state index is 13.0. The maximum Gasteiger partial charge on any atom is 0.268 e. The topological polar surface area (TPSA) is 62.3 Å². The summed E-state index contributed by atoms with van der Waals surface area (Å²) in [5, 5.41) is 0. The molecule has 7 heteroatoms. The number of nitrogens with zero attached hydrogens (tertiary/aromatic N) is 3. The Balaban J connectivity index is 1.11. The lowest BCUT2D eigenvalue weighted by atomic mass is 10.1. The first-order valence-electron chi connectivity index (χ1n) is 12.8. The van der Waals surface area contributed by atoms with Crippen LogP contribution in [0.15, 0.2) is 42.5 Å². The van der Waals surface area contributed by atoms with E-state index in [1.165, 1.54) is 18.4 Å². The van der Waals surface area contributed by atoms with Crippen LogP contribution < -0.4 is 14.4 Å². The minimum Gasteiger partial charge on any atom is -0.492 e. The van der Waals surface area contributed by atoms with E-state index in [1.54, 1.807) is 6.92 Å². The first-order valence-corrected chi connectivity index (χ1v) is 12.8. The number of benzene rings is 2. The van der Waals surface area contributed by atoms with Crippen molar-refractivity contribution >= 4 is 17.5 Å². The summed E-state index contributed by atoms with van der Waals surface area (Å²) in [6.45, 7) is 9.04. The molecule has 35 heavy (non-hydrogen) atoms. The summed E-state index contributed by atoms with van der Waals surface area (Å²) >= 11 is 0. The Labute approximate surface area is 207 Å². The first kappa shape index (κ1) is 23.7. The van der Waals surface area contributed by atoms with E-state index < -0.39 is 6.10 Å². The first-order chi connectivity index (χ1) is 17.0. The Morgan fingerprint density at radius 3 is 2.37 bits per heavy atom. The van der Waals surface area contributed by atoms with Gasteiger partial charge >= 0.3 is 0 Å². The Kier molecular flexibility index (Phi) is 6.95. The number of anilines is 1. The fourth-order valence-corrected chi connectivity index (χ4v) is 4.95. The van der Waals surface area contributed by atoms with Crippen molar-refractivity contribution in [2.75, 3.05) is 50.8 Å². The molecule has 0 radical (unpaired) electrons. The second kappa shape index (κ2) is 10.3. The van der Waals surface area contributed by atoms with Crippen molar-refractivity contribution in [3.8, 4) is 11.5 Å². The fraction of sp³-hybridized carbons (Fsp3) is 0.500. The lowest BCUT2D eigenvalue weighted by molar-refractivity contribution is -0.130. The molecule has 2 saturated heterocycles. The van der Waals surface area contributed by atoms with E-state index in [0.29, 0.717) is 25.5 Å². The summed E-state index contributed by atoms with van der Waals surface area (Å²) in [5.74, 6) is 2.47. The van der Waals surface area contributed by atoms with Gasteiger partial charge in [-0.1, -0.05) is 12.1 Å². The van der Waals surface area contributed by atoms with Crippen molar-refractivity contribution in [1.82, 2.24) is 9.80 Å². The molecule has 2 aliphatic heterocycles. The second-order valence-electron chi connectivity index (χ2n) is 9.87. The molecule has 1 atom stereocenters. The van der Waals surface area contributed by atoms with Crippen molar-refractivity contribution in [3.05, 3.63) is 53.6 Å². The van der Waals surface area contributed by atoms with Crippen molar-refractivity contribution in [2.24, 2.45) is 0 Å². The average molecular weight is 478 g/mol. The summed E-state index contributed by atoms with van der Waals surface area (Å²) in [7, 11) is 0. The molecule has 0 aromatic heterocycles. The van der Waals surface area contributed by atoms with E-state index in [0.717, 1.165) is 55.5 Å². The molecule has 3 fully saturated rings. The SMILES string of the molecule is CC(=O)N1CCN(CCOc2ccc(N3CC[C@H](Oc4ccc(C5CC5)cc4)C3=O)cc2C)CC1. The third-order valence-electron chi connectivity index (χ3n) is 7.32. The smallest absolute Gasteiger partial charge is 0.268 e. The van der Waals surface area contributed by atoms with Gasteiger partial charge in [-0.25, -0.2) is 0 Å². The van der Waals surface area contributed by atoms with Gasteiger partial charge in [-0.2, -0.15) is 0 Å². The fourth-order valence-electron chi connectivity index (χ4n) is 4.95. The van der Waals surface area contributed by atoms with Crippen LogP contribution in [-0.2, 0) is 9.59 Å². The number of amides is 2. The summed E-state index contributed by atoms with van der Waals surface area (Å²) in [6.07, 6.45) is 2.79. The number of carbonyl (C=O) groups excluding carboxylic acids is 2. The zero-order valence-electron chi connectivity index (χ0n) is 20.7. The molecular formula is C28H35N3O4. The molecule has 2 aromatic carbocycles. The van der Waals surface area contributed by atoms with Gasteiger partial charge in [-0.3, -0.25) is 14.5 Å². The van der Waals surface area contributed by atoms with Crippen LogP contribution in [-0.4, -0.2) is 73.6 Å². The number of ether oxygens (including phenoxy) is 2. The Hall–Kier alpha value is -3.06. The summed E-state index contributed by atoms with van der Waals surface area (Å²) < 4.78 is 12.1. The third kappa shape index (κ3) is 5.61. The second-order valence-corrected chi connectivity index (χ2v) is 9.87. The number of hydrogen-bond acceptors (Lipinski definition) is 5.